The summed E-state index contributed by atoms with van der Waals surface area (Å²) in [5.74, 6) is 1.71. The molecule has 1 aliphatic carbocycles. The van der Waals surface area contributed by atoms with Crippen LogP contribution in [0.2, 0.25) is 0 Å². The largest absolute Gasteiger partial charge is 0.370 e. The lowest BCUT2D eigenvalue weighted by atomic mass is 9.88. The number of pyridine rings is 1. The Balaban J connectivity index is 1.21. The van der Waals surface area contributed by atoms with Crippen LogP contribution in [0.15, 0.2) is 55.0 Å². The first-order chi connectivity index (χ1) is 17.9. The van der Waals surface area contributed by atoms with E-state index in [1.807, 2.05) is 24.5 Å². The Morgan fingerprint density at radius 1 is 0.973 bits per heavy atom. The summed E-state index contributed by atoms with van der Waals surface area (Å²) in [5.41, 5.74) is 3.43. The van der Waals surface area contributed by atoms with Gasteiger partial charge in [-0.3, -0.25) is 4.98 Å². The molecule has 0 N–H and O–H groups in total. The smallest absolute Gasteiger partial charge is 0.166 e. The first kappa shape index (κ1) is 22.6. The Hall–Kier alpha value is -3.55. The summed E-state index contributed by atoms with van der Waals surface area (Å²) in [6.45, 7) is 7.51. The van der Waals surface area contributed by atoms with Crippen molar-refractivity contribution < 1.29 is 8.78 Å². The van der Waals surface area contributed by atoms with Crippen LogP contribution in [-0.2, 0) is 5.54 Å². The number of anilines is 2. The average Bonchev–Trinajstić information content (AvgIpc) is 3.28. The van der Waals surface area contributed by atoms with Crippen molar-refractivity contribution in [2.45, 2.75) is 38.6 Å². The van der Waals surface area contributed by atoms with Crippen molar-refractivity contribution in [3.63, 3.8) is 0 Å². The number of nitrogens with zero attached hydrogens (tertiary/aromatic N) is 6. The van der Waals surface area contributed by atoms with Crippen molar-refractivity contribution in [2.75, 3.05) is 29.4 Å². The summed E-state index contributed by atoms with van der Waals surface area (Å²) in [5, 5.41) is 4.50. The van der Waals surface area contributed by atoms with Crippen LogP contribution in [0.5, 0.6) is 0 Å². The predicted molar refractivity (Wildman–Crippen MR) is 139 cm³/mol. The van der Waals surface area contributed by atoms with E-state index in [1.54, 1.807) is 10.7 Å². The lowest BCUT2D eigenvalue weighted by Crippen LogP contribution is -2.38. The Bertz CT molecular complexity index is 1480. The molecule has 4 atom stereocenters. The van der Waals surface area contributed by atoms with Crippen LogP contribution in [-0.4, -0.2) is 39.2 Å². The maximum atomic E-state index is 14.8. The van der Waals surface area contributed by atoms with E-state index in [-0.39, 0.29) is 5.82 Å². The minimum Gasteiger partial charge on any atom is -0.370 e. The molecule has 0 amide bonds. The topological polar surface area (TPSA) is 49.6 Å². The highest BCUT2D eigenvalue weighted by Crippen LogP contribution is 2.63. The molecule has 6 nitrogen and oxygen atoms in total. The van der Waals surface area contributed by atoms with Crippen LogP contribution >= 0.6 is 0 Å². The molecule has 1 aromatic carbocycles. The number of halogens is 2. The summed E-state index contributed by atoms with van der Waals surface area (Å²) in [4.78, 5) is 14.3. The van der Waals surface area contributed by atoms with Gasteiger partial charge in [0.05, 0.1) is 34.9 Å². The predicted octanol–water partition coefficient (Wildman–Crippen LogP) is 5.68. The molecule has 3 aromatic heterocycles. The number of rotatable bonds is 4. The molecule has 4 aromatic rings. The van der Waals surface area contributed by atoms with Gasteiger partial charge >= 0.3 is 0 Å². The quantitative estimate of drug-likeness (QED) is 0.361. The third-order valence-electron chi connectivity index (χ3n) is 9.00. The second-order valence-corrected chi connectivity index (χ2v) is 11.1. The molecular weight excluding hydrogens is 470 g/mol. The van der Waals surface area contributed by atoms with E-state index in [9.17, 15) is 8.78 Å². The average molecular weight is 501 g/mol. The third kappa shape index (κ3) is 3.52. The van der Waals surface area contributed by atoms with E-state index in [0.29, 0.717) is 23.0 Å². The molecule has 3 fully saturated rings. The minimum atomic E-state index is -0.527. The molecule has 2 saturated heterocycles. The van der Waals surface area contributed by atoms with Crippen molar-refractivity contribution in [3.8, 4) is 11.3 Å². The minimum absolute atomic E-state index is 0.306. The zero-order valence-corrected chi connectivity index (χ0v) is 21.1. The molecule has 0 spiro atoms. The van der Waals surface area contributed by atoms with Crippen LogP contribution < -0.4 is 9.80 Å². The molecule has 0 bridgehead atoms. The Kier molecular flexibility index (Phi) is 5.03. The zero-order valence-electron chi connectivity index (χ0n) is 21.1. The maximum Gasteiger partial charge on any atom is 0.166 e. The lowest BCUT2D eigenvalue weighted by molar-refractivity contribution is 0.324. The molecule has 1 saturated carbocycles. The highest BCUT2D eigenvalue weighted by molar-refractivity contribution is 5.76. The van der Waals surface area contributed by atoms with Gasteiger partial charge in [0, 0.05) is 31.4 Å². The summed E-state index contributed by atoms with van der Waals surface area (Å²) in [7, 11) is 0. The van der Waals surface area contributed by atoms with Gasteiger partial charge in [-0.2, -0.15) is 5.10 Å². The molecule has 3 aliphatic rings. The van der Waals surface area contributed by atoms with Gasteiger partial charge in [-0.05, 0) is 73.4 Å². The first-order valence-corrected chi connectivity index (χ1v) is 13.2. The van der Waals surface area contributed by atoms with Gasteiger partial charge in [-0.15, -0.1) is 0 Å². The second-order valence-electron chi connectivity index (χ2n) is 11.1. The fourth-order valence-corrected chi connectivity index (χ4v) is 6.52. The van der Waals surface area contributed by atoms with Crippen LogP contribution in [0, 0.1) is 29.4 Å². The third-order valence-corrected chi connectivity index (χ3v) is 9.00. The summed E-state index contributed by atoms with van der Waals surface area (Å²) >= 11 is 0. The van der Waals surface area contributed by atoms with E-state index >= 15 is 0 Å². The molecule has 7 rings (SSSR count). The van der Waals surface area contributed by atoms with Crippen LogP contribution in [0.1, 0.15) is 38.7 Å². The van der Waals surface area contributed by atoms with Crippen molar-refractivity contribution in [2.24, 2.45) is 17.8 Å². The second kappa shape index (κ2) is 8.23. The van der Waals surface area contributed by atoms with Crippen molar-refractivity contribution in [1.82, 2.24) is 19.6 Å². The van der Waals surface area contributed by atoms with Crippen LogP contribution in [0.3, 0.4) is 0 Å². The molecule has 2 aliphatic heterocycles. The lowest BCUT2D eigenvalue weighted by Gasteiger charge is -2.36. The Morgan fingerprint density at radius 2 is 1.86 bits per heavy atom. The number of fused-ring (bicyclic) bond motifs is 2. The number of hydrogen-bond donors (Lipinski definition) is 0. The fraction of sp³-hybridized carbons (Fsp3) is 0.414. The van der Waals surface area contributed by atoms with E-state index in [2.05, 4.69) is 34.8 Å². The van der Waals surface area contributed by atoms with Crippen molar-refractivity contribution >= 4 is 17.2 Å². The SMILES string of the molecule is CC1CCN(c2ccc(-c3cnn4ccc(N5CC[C@H]6C[C@]65c5cc(F)ccc5F)nc34)nc2)C[C@H]1C. The number of benzene rings is 1. The van der Waals surface area contributed by atoms with E-state index in [1.165, 1.54) is 24.6 Å². The molecule has 1 unspecified atom stereocenters. The first-order valence-electron chi connectivity index (χ1n) is 13.2. The summed E-state index contributed by atoms with van der Waals surface area (Å²) in [6.07, 6.45) is 8.57. The van der Waals surface area contributed by atoms with Gasteiger partial charge in [0.2, 0.25) is 0 Å². The standard InChI is InChI=1S/C29H30F2N6/c1-18-7-10-35(17-19(18)2)22-4-6-26(32-15-22)23-16-33-37-12-9-27(34-28(23)37)36-11-8-20-14-29(20,36)24-13-21(30)3-5-25(24)31/h3-6,9,12-13,15-16,18-20H,7-8,10-11,14,17H2,1-2H3/t18?,19-,20+,29-/m1/s1. The van der Waals surface area contributed by atoms with Gasteiger partial charge in [0.15, 0.2) is 5.65 Å². The Labute approximate surface area is 215 Å². The monoisotopic (exact) mass is 500 g/mol. The van der Waals surface area contributed by atoms with Crippen molar-refractivity contribution in [1.29, 1.82) is 0 Å². The number of piperidine rings is 2. The fourth-order valence-electron chi connectivity index (χ4n) is 6.52. The van der Waals surface area contributed by atoms with Gasteiger partial charge in [0.25, 0.3) is 0 Å². The highest BCUT2D eigenvalue weighted by Gasteiger charge is 2.64. The van der Waals surface area contributed by atoms with Gasteiger partial charge in [-0.25, -0.2) is 18.3 Å². The summed E-state index contributed by atoms with van der Waals surface area (Å²) in [6, 6.07) is 9.86. The normalized spacial score (nSPS) is 27.1. The number of aromatic nitrogens is 4. The summed E-state index contributed by atoms with van der Waals surface area (Å²) < 4.78 is 30.7. The highest BCUT2D eigenvalue weighted by atomic mass is 19.1. The molecule has 190 valence electrons. The van der Waals surface area contributed by atoms with E-state index < -0.39 is 11.4 Å². The van der Waals surface area contributed by atoms with Crippen LogP contribution in [0.4, 0.5) is 20.3 Å². The van der Waals surface area contributed by atoms with Gasteiger partial charge in [0.1, 0.15) is 17.5 Å². The maximum absolute atomic E-state index is 14.8. The molecule has 37 heavy (non-hydrogen) atoms. The van der Waals surface area contributed by atoms with Gasteiger partial charge in [-0.1, -0.05) is 13.8 Å². The molecule has 0 radical (unpaired) electrons. The van der Waals surface area contributed by atoms with Crippen LogP contribution in [0.25, 0.3) is 16.9 Å². The molecular formula is C29H30F2N6. The number of hydrogen-bond acceptors (Lipinski definition) is 5. The van der Waals surface area contributed by atoms with Crippen molar-refractivity contribution in [3.05, 3.63) is 72.2 Å². The Morgan fingerprint density at radius 3 is 2.65 bits per heavy atom. The zero-order chi connectivity index (χ0) is 25.3. The van der Waals surface area contributed by atoms with E-state index in [4.69, 9.17) is 9.97 Å². The van der Waals surface area contributed by atoms with E-state index in [0.717, 1.165) is 61.2 Å². The van der Waals surface area contributed by atoms with Gasteiger partial charge < -0.3 is 9.80 Å². The molecule has 8 heteroatoms. The molecule has 5 heterocycles.